The number of hydrogen-bond donors (Lipinski definition) is 0. The van der Waals surface area contributed by atoms with Crippen molar-refractivity contribution in [3.05, 3.63) is 70.0 Å². The Labute approximate surface area is 115 Å². The van der Waals surface area contributed by atoms with Crippen LogP contribution in [0.2, 0.25) is 0 Å². The highest BCUT2D eigenvalue weighted by Crippen LogP contribution is 2.17. The number of hydrogen-bond acceptors (Lipinski definition) is 1. The normalized spacial score (nSPS) is 10.7. The predicted octanol–water partition coefficient (Wildman–Crippen LogP) is 4.15. The number of Topliss-reactive ketones (excluding diaryl/α,β-unsaturated/α-hetero) is 1. The highest BCUT2D eigenvalue weighted by molar-refractivity contribution is 5.97. The average molecular weight is 278 g/mol. The topological polar surface area (TPSA) is 17.1 Å². The molecule has 0 aliphatic rings. The van der Waals surface area contributed by atoms with Gasteiger partial charge in [-0.15, -0.1) is 0 Å². The summed E-state index contributed by atoms with van der Waals surface area (Å²) < 4.78 is 39.0. The van der Waals surface area contributed by atoms with Gasteiger partial charge in [-0.05, 0) is 42.7 Å². The number of aryl methyl sites for hydroxylation is 2. The summed E-state index contributed by atoms with van der Waals surface area (Å²) in [6, 6.07) is 6.97. The van der Waals surface area contributed by atoms with E-state index in [2.05, 4.69) is 0 Å². The van der Waals surface area contributed by atoms with Gasteiger partial charge >= 0.3 is 0 Å². The predicted molar refractivity (Wildman–Crippen MR) is 70.3 cm³/mol. The Balaban J connectivity index is 2.26. The molecule has 2 aromatic rings. The fourth-order valence-electron chi connectivity index (χ4n) is 1.92. The maximum Gasteiger partial charge on any atom is 0.194 e. The molecule has 2 aromatic carbocycles. The van der Waals surface area contributed by atoms with Crippen LogP contribution in [0.15, 0.2) is 30.3 Å². The first-order valence-electron chi connectivity index (χ1n) is 6.12. The minimum Gasteiger partial charge on any atom is -0.294 e. The average Bonchev–Trinajstić information content (AvgIpc) is 2.39. The highest BCUT2D eigenvalue weighted by Gasteiger charge is 2.15. The van der Waals surface area contributed by atoms with Crippen LogP contribution in [-0.4, -0.2) is 5.78 Å². The van der Waals surface area contributed by atoms with E-state index in [0.717, 1.165) is 28.8 Å². The van der Waals surface area contributed by atoms with Crippen LogP contribution < -0.4 is 0 Å². The summed E-state index contributed by atoms with van der Waals surface area (Å²) in [7, 11) is 0. The molecule has 0 radical (unpaired) electrons. The summed E-state index contributed by atoms with van der Waals surface area (Å²) in [5, 5.41) is 0. The Bertz CT molecular complexity index is 654. The minimum atomic E-state index is -1.56. The van der Waals surface area contributed by atoms with E-state index in [1.807, 2.05) is 26.0 Å². The minimum absolute atomic E-state index is 0.0195. The number of ketones is 1. The molecule has 0 atom stereocenters. The molecule has 0 bridgehead atoms. The van der Waals surface area contributed by atoms with Crippen LogP contribution in [0.1, 0.15) is 27.0 Å². The van der Waals surface area contributed by atoms with Gasteiger partial charge < -0.3 is 0 Å². The first kappa shape index (κ1) is 14.3. The molecule has 2 rings (SSSR count). The van der Waals surface area contributed by atoms with Crippen molar-refractivity contribution in [3.8, 4) is 0 Å². The largest absolute Gasteiger partial charge is 0.294 e. The van der Waals surface area contributed by atoms with Crippen molar-refractivity contribution in [1.82, 2.24) is 0 Å². The molecule has 0 aliphatic heterocycles. The summed E-state index contributed by atoms with van der Waals surface area (Å²) in [6.45, 7) is 3.87. The molecule has 0 fully saturated rings. The summed E-state index contributed by atoms with van der Waals surface area (Å²) in [4.78, 5) is 12.0. The molecule has 20 heavy (non-hydrogen) atoms. The second kappa shape index (κ2) is 5.49. The third kappa shape index (κ3) is 2.90. The van der Waals surface area contributed by atoms with E-state index in [1.165, 1.54) is 0 Å². The third-order valence-corrected chi connectivity index (χ3v) is 3.24. The smallest absolute Gasteiger partial charge is 0.194 e. The molecule has 0 saturated carbocycles. The zero-order chi connectivity index (χ0) is 14.9. The fraction of sp³-hybridized carbons (Fsp3) is 0.188. The lowest BCUT2D eigenvalue weighted by atomic mass is 9.99. The molecule has 104 valence electrons. The second-order valence-corrected chi connectivity index (χ2v) is 4.77. The standard InChI is InChI=1S/C16H13F3O/c1-9-3-4-11(5-10(9)2)6-15(20)12-7-13(17)16(19)14(18)8-12/h3-5,7-8H,6H2,1-2H3. The zero-order valence-electron chi connectivity index (χ0n) is 11.1. The van der Waals surface area contributed by atoms with Crippen LogP contribution in [0.5, 0.6) is 0 Å². The van der Waals surface area contributed by atoms with Crippen molar-refractivity contribution in [2.45, 2.75) is 20.3 Å². The second-order valence-electron chi connectivity index (χ2n) is 4.77. The van der Waals surface area contributed by atoms with Gasteiger partial charge in [0.05, 0.1) is 0 Å². The number of carbonyl (C=O) groups is 1. The van der Waals surface area contributed by atoms with E-state index < -0.39 is 23.2 Å². The van der Waals surface area contributed by atoms with Gasteiger partial charge in [-0.2, -0.15) is 0 Å². The van der Waals surface area contributed by atoms with Gasteiger partial charge in [0.1, 0.15) is 0 Å². The van der Waals surface area contributed by atoms with Gasteiger partial charge in [0, 0.05) is 12.0 Å². The van der Waals surface area contributed by atoms with Gasteiger partial charge in [-0.1, -0.05) is 18.2 Å². The summed E-state index contributed by atoms with van der Waals surface area (Å²) in [6.07, 6.45) is 0.0195. The molecular weight excluding hydrogens is 265 g/mol. The van der Waals surface area contributed by atoms with Gasteiger partial charge in [-0.3, -0.25) is 4.79 Å². The number of carbonyl (C=O) groups excluding carboxylic acids is 1. The molecule has 0 saturated heterocycles. The molecule has 0 spiro atoms. The number of benzene rings is 2. The Morgan fingerprint density at radius 3 is 2.10 bits per heavy atom. The molecule has 0 aromatic heterocycles. The first-order chi connectivity index (χ1) is 9.38. The molecule has 0 unspecified atom stereocenters. The van der Waals surface area contributed by atoms with Gasteiger partial charge in [0.25, 0.3) is 0 Å². The Morgan fingerprint density at radius 2 is 1.55 bits per heavy atom. The summed E-state index contributed by atoms with van der Waals surface area (Å²) in [5.41, 5.74) is 2.72. The van der Waals surface area contributed by atoms with Crippen LogP contribution >= 0.6 is 0 Å². The highest BCUT2D eigenvalue weighted by atomic mass is 19.2. The van der Waals surface area contributed by atoms with E-state index in [1.54, 1.807) is 6.07 Å². The number of halogens is 3. The molecule has 0 N–H and O–H groups in total. The van der Waals surface area contributed by atoms with Crippen molar-refractivity contribution in [1.29, 1.82) is 0 Å². The lowest BCUT2D eigenvalue weighted by Gasteiger charge is -2.06. The Hall–Kier alpha value is -2.10. The molecule has 0 amide bonds. The molecule has 1 nitrogen and oxygen atoms in total. The van der Waals surface area contributed by atoms with Crippen molar-refractivity contribution in [3.63, 3.8) is 0 Å². The zero-order valence-corrected chi connectivity index (χ0v) is 11.1. The Kier molecular flexibility index (Phi) is 3.93. The maximum absolute atomic E-state index is 13.1. The quantitative estimate of drug-likeness (QED) is 0.609. The molecule has 4 heteroatoms. The van der Waals surface area contributed by atoms with E-state index in [0.29, 0.717) is 0 Å². The van der Waals surface area contributed by atoms with E-state index in [4.69, 9.17) is 0 Å². The lowest BCUT2D eigenvalue weighted by molar-refractivity contribution is 0.0992. The number of rotatable bonds is 3. The van der Waals surface area contributed by atoms with Crippen molar-refractivity contribution in [2.24, 2.45) is 0 Å². The molecule has 0 heterocycles. The molecule has 0 aliphatic carbocycles. The first-order valence-corrected chi connectivity index (χ1v) is 6.12. The lowest BCUT2D eigenvalue weighted by Crippen LogP contribution is -2.06. The van der Waals surface area contributed by atoms with Crippen LogP contribution in [0.25, 0.3) is 0 Å². The monoisotopic (exact) mass is 278 g/mol. The third-order valence-electron chi connectivity index (χ3n) is 3.24. The van der Waals surface area contributed by atoms with Crippen LogP contribution in [0, 0.1) is 31.3 Å². The van der Waals surface area contributed by atoms with Crippen LogP contribution in [0.4, 0.5) is 13.2 Å². The summed E-state index contributed by atoms with van der Waals surface area (Å²) >= 11 is 0. The summed E-state index contributed by atoms with van der Waals surface area (Å²) in [5.74, 6) is -4.72. The van der Waals surface area contributed by atoms with E-state index in [9.17, 15) is 18.0 Å². The van der Waals surface area contributed by atoms with Crippen LogP contribution in [0.3, 0.4) is 0 Å². The fourth-order valence-corrected chi connectivity index (χ4v) is 1.92. The maximum atomic E-state index is 13.1. The molecular formula is C16H13F3O. The van der Waals surface area contributed by atoms with Gasteiger partial charge in [0.2, 0.25) is 0 Å². The van der Waals surface area contributed by atoms with Gasteiger partial charge in [-0.25, -0.2) is 13.2 Å². The SMILES string of the molecule is Cc1ccc(CC(=O)c2cc(F)c(F)c(F)c2)cc1C. The van der Waals surface area contributed by atoms with Gasteiger partial charge in [0.15, 0.2) is 23.2 Å². The van der Waals surface area contributed by atoms with E-state index in [-0.39, 0.29) is 12.0 Å². The van der Waals surface area contributed by atoms with Crippen molar-refractivity contribution < 1.29 is 18.0 Å². The van der Waals surface area contributed by atoms with Crippen LogP contribution in [-0.2, 0) is 6.42 Å². The van der Waals surface area contributed by atoms with Crippen molar-refractivity contribution in [2.75, 3.05) is 0 Å². The Morgan fingerprint density at radius 1 is 0.950 bits per heavy atom. The van der Waals surface area contributed by atoms with Crippen molar-refractivity contribution >= 4 is 5.78 Å². The van der Waals surface area contributed by atoms with E-state index >= 15 is 0 Å².